The second kappa shape index (κ2) is 6.77. The van der Waals surface area contributed by atoms with Gasteiger partial charge in [0.25, 0.3) is 0 Å². The Balaban J connectivity index is 2.20. The Bertz CT molecular complexity index is 604. The van der Waals surface area contributed by atoms with Crippen LogP contribution in [0.1, 0.15) is 55.8 Å². The third kappa shape index (κ3) is 3.85. The van der Waals surface area contributed by atoms with E-state index in [-0.39, 0.29) is 6.04 Å². The van der Waals surface area contributed by atoms with Crippen LogP contribution in [-0.2, 0) is 0 Å². The van der Waals surface area contributed by atoms with Crippen molar-refractivity contribution in [2.75, 3.05) is 0 Å². The SMILES string of the molecule is CCC(N)c1cccc(Oc2ccc(C(C)C)c(C)c2)c1. The van der Waals surface area contributed by atoms with Gasteiger partial charge in [0.15, 0.2) is 0 Å². The molecule has 0 heterocycles. The topological polar surface area (TPSA) is 35.2 Å². The van der Waals surface area contributed by atoms with Crippen molar-refractivity contribution in [2.24, 2.45) is 5.73 Å². The number of nitrogens with two attached hydrogens (primary N) is 1. The zero-order valence-corrected chi connectivity index (χ0v) is 13.4. The number of benzene rings is 2. The summed E-state index contributed by atoms with van der Waals surface area (Å²) in [6.07, 6.45) is 0.922. The molecule has 0 aliphatic carbocycles. The molecule has 0 spiro atoms. The zero-order valence-electron chi connectivity index (χ0n) is 13.4. The molecule has 1 atom stereocenters. The number of rotatable bonds is 5. The van der Waals surface area contributed by atoms with Gasteiger partial charge in [-0.05, 0) is 60.2 Å². The number of hydrogen-bond acceptors (Lipinski definition) is 2. The molecule has 0 aromatic heterocycles. The average molecular weight is 283 g/mol. The first kappa shape index (κ1) is 15.6. The van der Waals surface area contributed by atoms with Gasteiger partial charge in [-0.15, -0.1) is 0 Å². The summed E-state index contributed by atoms with van der Waals surface area (Å²) in [7, 11) is 0. The lowest BCUT2D eigenvalue weighted by atomic mass is 9.98. The van der Waals surface area contributed by atoms with Gasteiger partial charge >= 0.3 is 0 Å². The highest BCUT2D eigenvalue weighted by molar-refractivity contribution is 5.40. The molecule has 0 aliphatic rings. The predicted octanol–water partition coefficient (Wildman–Crippen LogP) is 5.32. The molecule has 112 valence electrons. The van der Waals surface area contributed by atoms with Crippen LogP contribution in [0.3, 0.4) is 0 Å². The van der Waals surface area contributed by atoms with E-state index in [0.717, 1.165) is 23.5 Å². The molecule has 0 fully saturated rings. The lowest BCUT2D eigenvalue weighted by molar-refractivity contribution is 0.480. The first-order valence-corrected chi connectivity index (χ1v) is 7.65. The van der Waals surface area contributed by atoms with Crippen LogP contribution < -0.4 is 10.5 Å². The summed E-state index contributed by atoms with van der Waals surface area (Å²) in [6.45, 7) is 8.63. The maximum absolute atomic E-state index is 6.08. The lowest BCUT2D eigenvalue weighted by Crippen LogP contribution is -2.08. The second-order valence-corrected chi connectivity index (χ2v) is 5.86. The predicted molar refractivity (Wildman–Crippen MR) is 89.0 cm³/mol. The molecule has 2 heteroatoms. The minimum absolute atomic E-state index is 0.0682. The van der Waals surface area contributed by atoms with Crippen LogP contribution in [0.25, 0.3) is 0 Å². The average Bonchev–Trinajstić information content (AvgIpc) is 2.46. The Hall–Kier alpha value is -1.80. The molecule has 2 rings (SSSR count). The van der Waals surface area contributed by atoms with Crippen molar-refractivity contribution in [2.45, 2.75) is 46.1 Å². The normalized spacial score (nSPS) is 12.5. The van der Waals surface area contributed by atoms with Crippen LogP contribution in [0.4, 0.5) is 0 Å². The summed E-state index contributed by atoms with van der Waals surface area (Å²) in [5, 5.41) is 0. The summed E-state index contributed by atoms with van der Waals surface area (Å²) < 4.78 is 5.97. The first-order chi connectivity index (χ1) is 10.0. The van der Waals surface area contributed by atoms with Crippen molar-refractivity contribution < 1.29 is 4.74 Å². The Kier molecular flexibility index (Phi) is 5.03. The van der Waals surface area contributed by atoms with Gasteiger partial charge in [-0.25, -0.2) is 0 Å². The molecule has 2 aromatic rings. The minimum Gasteiger partial charge on any atom is -0.457 e. The van der Waals surface area contributed by atoms with Crippen LogP contribution in [0.5, 0.6) is 11.5 Å². The van der Waals surface area contributed by atoms with Crippen molar-refractivity contribution in [3.05, 3.63) is 59.2 Å². The van der Waals surface area contributed by atoms with E-state index < -0.39 is 0 Å². The number of hydrogen-bond donors (Lipinski definition) is 1. The molecule has 2 nitrogen and oxygen atoms in total. The van der Waals surface area contributed by atoms with Gasteiger partial charge in [-0.2, -0.15) is 0 Å². The zero-order chi connectivity index (χ0) is 15.4. The van der Waals surface area contributed by atoms with E-state index in [0.29, 0.717) is 5.92 Å². The molecule has 0 aliphatic heterocycles. The van der Waals surface area contributed by atoms with Crippen molar-refractivity contribution in [3.63, 3.8) is 0 Å². The Morgan fingerprint density at radius 3 is 2.38 bits per heavy atom. The molecule has 1 unspecified atom stereocenters. The van der Waals surface area contributed by atoms with E-state index in [9.17, 15) is 0 Å². The Morgan fingerprint density at radius 2 is 1.76 bits per heavy atom. The molecule has 0 radical (unpaired) electrons. The summed E-state index contributed by atoms with van der Waals surface area (Å²) in [6, 6.07) is 14.4. The smallest absolute Gasteiger partial charge is 0.127 e. The van der Waals surface area contributed by atoms with E-state index in [4.69, 9.17) is 10.5 Å². The van der Waals surface area contributed by atoms with Crippen molar-refractivity contribution in [3.8, 4) is 11.5 Å². The van der Waals surface area contributed by atoms with Crippen molar-refractivity contribution in [1.29, 1.82) is 0 Å². The third-order valence-electron chi connectivity index (χ3n) is 3.83. The summed E-state index contributed by atoms with van der Waals surface area (Å²) in [5.41, 5.74) is 9.83. The molecule has 2 N–H and O–H groups in total. The number of ether oxygens (including phenoxy) is 1. The van der Waals surface area contributed by atoms with Gasteiger partial charge in [0, 0.05) is 6.04 Å². The monoisotopic (exact) mass is 283 g/mol. The van der Waals surface area contributed by atoms with Crippen LogP contribution in [0.15, 0.2) is 42.5 Å². The van der Waals surface area contributed by atoms with E-state index >= 15 is 0 Å². The van der Waals surface area contributed by atoms with E-state index in [1.807, 2.05) is 30.3 Å². The highest BCUT2D eigenvalue weighted by Gasteiger charge is 2.07. The fourth-order valence-corrected chi connectivity index (χ4v) is 2.54. The third-order valence-corrected chi connectivity index (χ3v) is 3.83. The summed E-state index contributed by atoms with van der Waals surface area (Å²) in [4.78, 5) is 0. The highest BCUT2D eigenvalue weighted by atomic mass is 16.5. The fourth-order valence-electron chi connectivity index (χ4n) is 2.54. The fraction of sp³-hybridized carbons (Fsp3) is 0.368. The van der Waals surface area contributed by atoms with Gasteiger partial charge in [0.1, 0.15) is 11.5 Å². The molecule has 0 bridgehead atoms. The minimum atomic E-state index is 0.0682. The van der Waals surface area contributed by atoms with Crippen LogP contribution in [0, 0.1) is 6.92 Å². The first-order valence-electron chi connectivity index (χ1n) is 7.65. The van der Waals surface area contributed by atoms with Gasteiger partial charge in [-0.3, -0.25) is 0 Å². The maximum atomic E-state index is 6.08. The molecule has 0 saturated heterocycles. The standard InChI is InChI=1S/C19H25NO/c1-5-19(20)15-7-6-8-16(12-15)21-17-9-10-18(13(2)3)14(4)11-17/h6-13,19H,5,20H2,1-4H3. The molecule has 0 amide bonds. The van der Waals surface area contributed by atoms with Gasteiger partial charge in [0.2, 0.25) is 0 Å². The van der Waals surface area contributed by atoms with Crippen LogP contribution in [0.2, 0.25) is 0 Å². The molecule has 0 saturated carbocycles. The van der Waals surface area contributed by atoms with Crippen molar-refractivity contribution in [1.82, 2.24) is 0 Å². The molecule has 2 aromatic carbocycles. The largest absolute Gasteiger partial charge is 0.457 e. The molecular weight excluding hydrogens is 258 g/mol. The van der Waals surface area contributed by atoms with E-state index in [1.165, 1.54) is 11.1 Å². The maximum Gasteiger partial charge on any atom is 0.127 e. The Morgan fingerprint density at radius 1 is 1.05 bits per heavy atom. The molecule has 21 heavy (non-hydrogen) atoms. The van der Waals surface area contributed by atoms with Gasteiger partial charge < -0.3 is 10.5 Å². The highest BCUT2D eigenvalue weighted by Crippen LogP contribution is 2.28. The summed E-state index contributed by atoms with van der Waals surface area (Å²) >= 11 is 0. The Labute approximate surface area is 127 Å². The number of aryl methyl sites for hydroxylation is 1. The van der Waals surface area contributed by atoms with E-state index in [1.54, 1.807) is 0 Å². The van der Waals surface area contributed by atoms with Crippen LogP contribution in [-0.4, -0.2) is 0 Å². The summed E-state index contributed by atoms with van der Waals surface area (Å²) in [5.74, 6) is 2.25. The lowest BCUT2D eigenvalue weighted by Gasteiger charge is -2.14. The van der Waals surface area contributed by atoms with E-state index in [2.05, 4.69) is 39.8 Å². The quantitative estimate of drug-likeness (QED) is 0.806. The van der Waals surface area contributed by atoms with Gasteiger partial charge in [0.05, 0.1) is 0 Å². The second-order valence-electron chi connectivity index (χ2n) is 5.86. The van der Waals surface area contributed by atoms with Gasteiger partial charge in [-0.1, -0.05) is 39.0 Å². The molecular formula is C19H25NO. The van der Waals surface area contributed by atoms with Crippen molar-refractivity contribution >= 4 is 0 Å². The van der Waals surface area contributed by atoms with Crippen LogP contribution >= 0.6 is 0 Å².